The van der Waals surface area contributed by atoms with E-state index in [4.69, 9.17) is 0 Å². The molecule has 1 unspecified atom stereocenters. The largest absolute Gasteiger partial charge is 0.298 e. The first-order valence-electron chi connectivity index (χ1n) is 6.08. The fraction of sp³-hybridized carbons (Fsp3) is 0.500. The lowest BCUT2D eigenvalue weighted by molar-refractivity contribution is -0.119. The van der Waals surface area contributed by atoms with Crippen LogP contribution in [0.5, 0.6) is 0 Å². The number of Topliss-reactive ketones (excluding diaryl/α,β-unsaturated/α-hetero) is 1. The SMILES string of the molecule is Cn1ncc2c(SC3CCCCC3=O)ncnc21. The Morgan fingerprint density at radius 3 is 3.11 bits per heavy atom. The van der Waals surface area contributed by atoms with Crippen LogP contribution in [0.25, 0.3) is 11.0 Å². The average molecular weight is 262 g/mol. The molecular formula is C12H14N4OS. The van der Waals surface area contributed by atoms with Crippen LogP contribution in [0, 0.1) is 0 Å². The van der Waals surface area contributed by atoms with Crippen molar-refractivity contribution < 1.29 is 4.79 Å². The van der Waals surface area contributed by atoms with E-state index in [1.54, 1.807) is 29.0 Å². The van der Waals surface area contributed by atoms with Crippen LogP contribution in [0.3, 0.4) is 0 Å². The van der Waals surface area contributed by atoms with Gasteiger partial charge < -0.3 is 0 Å². The Balaban J connectivity index is 1.92. The molecular weight excluding hydrogens is 248 g/mol. The first kappa shape index (κ1) is 11.6. The Morgan fingerprint density at radius 2 is 2.28 bits per heavy atom. The average Bonchev–Trinajstić information content (AvgIpc) is 2.76. The number of hydrogen-bond donors (Lipinski definition) is 0. The summed E-state index contributed by atoms with van der Waals surface area (Å²) in [6, 6.07) is 0. The molecule has 2 heterocycles. The smallest absolute Gasteiger partial charge is 0.162 e. The number of thioether (sulfide) groups is 1. The van der Waals surface area contributed by atoms with Gasteiger partial charge in [-0.3, -0.25) is 9.48 Å². The molecule has 6 heteroatoms. The van der Waals surface area contributed by atoms with Crippen LogP contribution in [-0.4, -0.2) is 30.8 Å². The molecule has 0 radical (unpaired) electrons. The van der Waals surface area contributed by atoms with Crippen molar-refractivity contribution in [3.63, 3.8) is 0 Å². The minimum Gasteiger partial charge on any atom is -0.298 e. The lowest BCUT2D eigenvalue weighted by Crippen LogP contribution is -2.21. The minimum absolute atomic E-state index is 0.0528. The third-order valence-electron chi connectivity index (χ3n) is 3.25. The molecule has 2 aromatic rings. The molecule has 0 spiro atoms. The molecule has 0 saturated heterocycles. The number of hydrogen-bond acceptors (Lipinski definition) is 5. The van der Waals surface area contributed by atoms with Gasteiger partial charge in [0.1, 0.15) is 17.1 Å². The molecule has 0 amide bonds. The summed E-state index contributed by atoms with van der Waals surface area (Å²) in [5.41, 5.74) is 0.816. The van der Waals surface area contributed by atoms with Gasteiger partial charge in [-0.2, -0.15) is 5.10 Å². The Hall–Kier alpha value is -1.43. The van der Waals surface area contributed by atoms with E-state index in [0.717, 1.165) is 35.3 Å². The molecule has 5 nitrogen and oxygen atoms in total. The van der Waals surface area contributed by atoms with Crippen molar-refractivity contribution in [1.29, 1.82) is 0 Å². The fourth-order valence-corrected chi connectivity index (χ4v) is 3.43. The van der Waals surface area contributed by atoms with Crippen LogP contribution in [0.4, 0.5) is 0 Å². The van der Waals surface area contributed by atoms with Crippen molar-refractivity contribution in [2.24, 2.45) is 7.05 Å². The van der Waals surface area contributed by atoms with E-state index in [0.29, 0.717) is 12.2 Å². The van der Waals surface area contributed by atoms with Crippen molar-refractivity contribution in [1.82, 2.24) is 19.7 Å². The molecule has 18 heavy (non-hydrogen) atoms. The van der Waals surface area contributed by atoms with Crippen molar-refractivity contribution in [3.8, 4) is 0 Å². The number of carbonyl (C=O) groups is 1. The predicted octanol–water partition coefficient (Wildman–Crippen LogP) is 1.97. The van der Waals surface area contributed by atoms with E-state index in [1.165, 1.54) is 0 Å². The maximum atomic E-state index is 11.9. The summed E-state index contributed by atoms with van der Waals surface area (Å²) in [4.78, 5) is 20.4. The normalized spacial score (nSPS) is 20.5. The molecule has 2 aromatic heterocycles. The number of fused-ring (bicyclic) bond motifs is 1. The number of ketones is 1. The van der Waals surface area contributed by atoms with Crippen LogP contribution < -0.4 is 0 Å². The summed E-state index contributed by atoms with van der Waals surface area (Å²) in [6.07, 6.45) is 7.13. The van der Waals surface area contributed by atoms with Crippen molar-refractivity contribution in [2.75, 3.05) is 0 Å². The highest BCUT2D eigenvalue weighted by molar-refractivity contribution is 8.00. The van der Waals surface area contributed by atoms with Gasteiger partial charge in [-0.1, -0.05) is 18.2 Å². The number of aromatic nitrogens is 4. The summed E-state index contributed by atoms with van der Waals surface area (Å²) in [5.74, 6) is 0.349. The van der Waals surface area contributed by atoms with Gasteiger partial charge in [0.2, 0.25) is 0 Å². The molecule has 1 aliphatic carbocycles. The van der Waals surface area contributed by atoms with Crippen LogP contribution in [-0.2, 0) is 11.8 Å². The highest BCUT2D eigenvalue weighted by atomic mass is 32.2. The van der Waals surface area contributed by atoms with Gasteiger partial charge in [0.05, 0.1) is 16.8 Å². The van der Waals surface area contributed by atoms with Gasteiger partial charge in [0.25, 0.3) is 0 Å². The molecule has 0 aliphatic heterocycles. The molecule has 1 aliphatic rings. The maximum Gasteiger partial charge on any atom is 0.162 e. The summed E-state index contributed by atoms with van der Waals surface area (Å²) in [7, 11) is 1.86. The molecule has 0 aromatic carbocycles. The van der Waals surface area contributed by atoms with E-state index < -0.39 is 0 Å². The first-order chi connectivity index (χ1) is 8.75. The van der Waals surface area contributed by atoms with E-state index in [-0.39, 0.29) is 5.25 Å². The highest BCUT2D eigenvalue weighted by Gasteiger charge is 2.24. The molecule has 1 atom stereocenters. The number of carbonyl (C=O) groups excluding carboxylic acids is 1. The standard InChI is InChI=1S/C12H14N4OS/c1-16-11-8(6-15-16)12(14-7-13-11)18-10-5-3-2-4-9(10)17/h6-7,10H,2-5H2,1H3. The van der Waals surface area contributed by atoms with E-state index in [1.807, 2.05) is 7.05 Å². The third-order valence-corrected chi connectivity index (χ3v) is 4.58. The van der Waals surface area contributed by atoms with Crippen molar-refractivity contribution in [3.05, 3.63) is 12.5 Å². The third kappa shape index (κ3) is 2.01. The maximum absolute atomic E-state index is 11.9. The Kier molecular flexibility index (Phi) is 3.03. The predicted molar refractivity (Wildman–Crippen MR) is 69.4 cm³/mol. The molecule has 3 rings (SSSR count). The van der Waals surface area contributed by atoms with Crippen molar-refractivity contribution >= 4 is 28.6 Å². The number of aryl methyl sites for hydroxylation is 1. The second-order valence-corrected chi connectivity index (χ2v) is 5.69. The quantitative estimate of drug-likeness (QED) is 0.774. The van der Waals surface area contributed by atoms with E-state index in [2.05, 4.69) is 15.1 Å². The van der Waals surface area contributed by atoms with Crippen molar-refractivity contribution in [2.45, 2.75) is 36.0 Å². The minimum atomic E-state index is 0.0528. The number of nitrogens with zero attached hydrogens (tertiary/aromatic N) is 4. The molecule has 1 saturated carbocycles. The zero-order chi connectivity index (χ0) is 12.5. The zero-order valence-electron chi connectivity index (χ0n) is 10.2. The molecule has 0 bridgehead atoms. The second-order valence-electron chi connectivity index (χ2n) is 4.50. The first-order valence-corrected chi connectivity index (χ1v) is 6.96. The van der Waals surface area contributed by atoms with E-state index >= 15 is 0 Å². The monoisotopic (exact) mass is 262 g/mol. The second kappa shape index (κ2) is 4.68. The van der Waals surface area contributed by atoms with Crippen LogP contribution >= 0.6 is 11.8 Å². The fourth-order valence-electron chi connectivity index (χ4n) is 2.24. The lowest BCUT2D eigenvalue weighted by Gasteiger charge is -2.19. The molecule has 0 N–H and O–H groups in total. The number of rotatable bonds is 2. The Bertz CT molecular complexity index is 595. The lowest BCUT2D eigenvalue weighted by atomic mass is 9.99. The van der Waals surface area contributed by atoms with Gasteiger partial charge in [-0.05, 0) is 12.8 Å². The highest BCUT2D eigenvalue weighted by Crippen LogP contribution is 2.33. The Labute approximate surface area is 109 Å². The van der Waals surface area contributed by atoms with Crippen LogP contribution in [0.2, 0.25) is 0 Å². The molecule has 94 valence electrons. The van der Waals surface area contributed by atoms with Gasteiger partial charge in [0.15, 0.2) is 5.65 Å². The van der Waals surface area contributed by atoms with E-state index in [9.17, 15) is 4.79 Å². The summed E-state index contributed by atoms with van der Waals surface area (Å²) in [5, 5.41) is 6.04. The summed E-state index contributed by atoms with van der Waals surface area (Å²) < 4.78 is 1.73. The zero-order valence-corrected chi connectivity index (χ0v) is 11.0. The van der Waals surface area contributed by atoms with Crippen LogP contribution in [0.15, 0.2) is 17.6 Å². The Morgan fingerprint density at radius 1 is 1.39 bits per heavy atom. The van der Waals surface area contributed by atoms with Gasteiger partial charge in [-0.25, -0.2) is 9.97 Å². The summed E-state index contributed by atoms with van der Waals surface area (Å²) in [6.45, 7) is 0. The topological polar surface area (TPSA) is 60.7 Å². The summed E-state index contributed by atoms with van der Waals surface area (Å²) >= 11 is 1.56. The molecule has 1 fully saturated rings. The van der Waals surface area contributed by atoms with Gasteiger partial charge >= 0.3 is 0 Å². The van der Waals surface area contributed by atoms with Gasteiger partial charge in [0, 0.05) is 13.5 Å². The van der Waals surface area contributed by atoms with Crippen LogP contribution in [0.1, 0.15) is 25.7 Å². The van der Waals surface area contributed by atoms with Gasteiger partial charge in [-0.15, -0.1) is 0 Å².